The number of Topliss-reactive ketones (excluding diaryl/α,β-unsaturated/α-hetero) is 2. The number of tetrazole rings is 1. The van der Waals surface area contributed by atoms with Crippen LogP contribution in [0, 0.1) is 0 Å². The van der Waals surface area contributed by atoms with Crippen molar-refractivity contribution in [1.29, 1.82) is 0 Å². The summed E-state index contributed by atoms with van der Waals surface area (Å²) in [7, 11) is 0. The third-order valence-corrected chi connectivity index (χ3v) is 6.56. The first-order valence-corrected chi connectivity index (χ1v) is 12.8. The monoisotopic (exact) mass is 553 g/mol. The maximum Gasteiger partial charge on any atom is 0.244 e. The average Bonchev–Trinajstić information content (AvgIpc) is 3.62. The highest BCUT2D eigenvalue weighted by Crippen LogP contribution is 2.21. The van der Waals surface area contributed by atoms with Gasteiger partial charge in [-0.2, -0.15) is 9.78 Å². The number of rotatable bonds is 10. The third kappa shape index (κ3) is 6.19. The molecule has 2 aromatic heterocycles. The third-order valence-electron chi connectivity index (χ3n) is 6.33. The lowest BCUT2D eigenvalue weighted by molar-refractivity contribution is -0.125. The first-order valence-electron chi connectivity index (χ1n) is 12.4. The highest BCUT2D eigenvalue weighted by atomic mass is 35.5. The minimum atomic E-state index is -0.787. The average molecular weight is 554 g/mol. The number of aromatic nitrogens is 6. The summed E-state index contributed by atoms with van der Waals surface area (Å²) in [4.78, 5) is 38.5. The first-order chi connectivity index (χ1) is 19.4. The highest BCUT2D eigenvalue weighted by molar-refractivity contribution is 6.30. The Morgan fingerprint density at radius 3 is 2.62 bits per heavy atom. The Morgan fingerprint density at radius 1 is 1.05 bits per heavy atom. The first kappa shape index (κ1) is 26.6. The van der Waals surface area contributed by atoms with Crippen molar-refractivity contribution in [2.45, 2.75) is 25.8 Å². The van der Waals surface area contributed by atoms with Crippen molar-refractivity contribution < 1.29 is 14.4 Å². The Bertz CT molecular complexity index is 1710. The van der Waals surface area contributed by atoms with Crippen molar-refractivity contribution in [2.24, 2.45) is 0 Å². The quantitative estimate of drug-likeness (QED) is 0.197. The molecule has 2 N–H and O–H groups in total. The number of ketones is 2. The molecule has 0 saturated carbocycles. The number of hydrogen-bond acceptors (Lipinski definition) is 7. The predicted molar refractivity (Wildman–Crippen MR) is 150 cm³/mol. The molecule has 0 aliphatic heterocycles. The molecule has 1 amide bonds. The Kier molecular flexibility index (Phi) is 7.88. The second-order valence-electron chi connectivity index (χ2n) is 9.19. The minimum Gasteiger partial charge on any atom is -0.342 e. The number of benzene rings is 3. The van der Waals surface area contributed by atoms with Crippen LogP contribution in [0.15, 0.2) is 79.1 Å². The molecule has 0 saturated heterocycles. The molecule has 0 radical (unpaired) electrons. The van der Waals surface area contributed by atoms with Crippen molar-refractivity contribution in [2.75, 3.05) is 0 Å². The Labute approximate surface area is 234 Å². The molecule has 0 fully saturated rings. The summed E-state index contributed by atoms with van der Waals surface area (Å²) in [5.74, 6) is -0.783. The maximum absolute atomic E-state index is 13.5. The molecule has 1 atom stereocenters. The van der Waals surface area contributed by atoms with Gasteiger partial charge in [-0.15, -0.1) is 5.10 Å². The van der Waals surface area contributed by atoms with E-state index < -0.39 is 11.9 Å². The summed E-state index contributed by atoms with van der Waals surface area (Å²) in [6, 6.07) is 19.2. The topological polar surface area (TPSA) is 136 Å². The van der Waals surface area contributed by atoms with Crippen LogP contribution in [0.25, 0.3) is 22.7 Å². The van der Waals surface area contributed by atoms with Crippen LogP contribution >= 0.6 is 11.6 Å². The fraction of sp³-hybridized carbons (Fsp3) is 0.138. The standard InChI is InChI=1S/C29H24ClN7O3/c1-18(38)29-23-13-20(7-10-24(23)33-34-29)15-27(39)25(14-19-5-3-2-4-6-19)32-28(40)12-8-21-16-22(30)9-11-26(21)37-17-31-35-36-37/h2-13,16-17,25H,14-15H2,1H3,(H,32,40)(H,33,34)/b12-8+/t25-/m0/s1. The summed E-state index contributed by atoms with van der Waals surface area (Å²) in [6.45, 7) is 1.45. The Hall–Kier alpha value is -4.96. The second kappa shape index (κ2) is 11.8. The molecule has 11 heteroatoms. The molecule has 0 bridgehead atoms. The van der Waals surface area contributed by atoms with Gasteiger partial charge < -0.3 is 5.32 Å². The van der Waals surface area contributed by atoms with Crippen molar-refractivity contribution in [3.05, 3.63) is 107 Å². The van der Waals surface area contributed by atoms with Crippen LogP contribution < -0.4 is 5.32 Å². The smallest absolute Gasteiger partial charge is 0.244 e. The lowest BCUT2D eigenvalue weighted by atomic mass is 9.96. The molecule has 0 aliphatic carbocycles. The summed E-state index contributed by atoms with van der Waals surface area (Å²) in [5, 5.41) is 22.1. The molecular formula is C29H24ClN7O3. The SMILES string of the molecule is CC(=O)c1n[nH]c2ccc(CC(=O)[C@H](Cc3ccccc3)NC(=O)/C=C/c3cc(Cl)ccc3-n3cnnn3)cc12. The fourth-order valence-corrected chi connectivity index (χ4v) is 4.56. The van der Waals surface area contributed by atoms with E-state index in [1.54, 1.807) is 36.4 Å². The number of halogens is 1. The lowest BCUT2D eigenvalue weighted by Gasteiger charge is -2.17. The number of hydrogen-bond donors (Lipinski definition) is 2. The molecule has 5 aromatic rings. The van der Waals surface area contributed by atoms with Crippen LogP contribution in [-0.2, 0) is 22.4 Å². The number of fused-ring (bicyclic) bond motifs is 1. The van der Waals surface area contributed by atoms with Crippen molar-refractivity contribution in [1.82, 2.24) is 35.7 Å². The van der Waals surface area contributed by atoms with Crippen molar-refractivity contribution in [3.63, 3.8) is 0 Å². The van der Waals surface area contributed by atoms with Crippen LogP contribution in [0.1, 0.15) is 34.1 Å². The van der Waals surface area contributed by atoms with Crippen LogP contribution in [0.3, 0.4) is 0 Å². The van der Waals surface area contributed by atoms with Gasteiger partial charge in [0.25, 0.3) is 0 Å². The van der Waals surface area contributed by atoms with Crippen LogP contribution in [0.2, 0.25) is 5.02 Å². The zero-order valence-corrected chi connectivity index (χ0v) is 22.2. The van der Waals surface area contributed by atoms with Crippen LogP contribution in [0.4, 0.5) is 0 Å². The van der Waals surface area contributed by atoms with Crippen LogP contribution in [0.5, 0.6) is 0 Å². The largest absolute Gasteiger partial charge is 0.342 e. The molecule has 0 aliphatic rings. The van der Waals surface area contributed by atoms with E-state index in [1.165, 1.54) is 24.0 Å². The second-order valence-corrected chi connectivity index (χ2v) is 9.63. The van der Waals surface area contributed by atoms with Gasteiger partial charge in [0.05, 0.1) is 17.2 Å². The molecule has 0 spiro atoms. The minimum absolute atomic E-state index is 0.0672. The molecule has 10 nitrogen and oxygen atoms in total. The van der Waals surface area contributed by atoms with Gasteiger partial charge in [0.2, 0.25) is 5.91 Å². The van der Waals surface area contributed by atoms with Gasteiger partial charge in [0.1, 0.15) is 12.0 Å². The number of amides is 1. The van der Waals surface area contributed by atoms with Gasteiger partial charge in [-0.25, -0.2) is 0 Å². The van der Waals surface area contributed by atoms with E-state index in [-0.39, 0.29) is 18.0 Å². The van der Waals surface area contributed by atoms with Gasteiger partial charge in [0, 0.05) is 35.4 Å². The molecular weight excluding hydrogens is 530 g/mol. The molecule has 200 valence electrons. The summed E-state index contributed by atoms with van der Waals surface area (Å²) in [6.07, 6.45) is 4.77. The van der Waals surface area contributed by atoms with E-state index >= 15 is 0 Å². The number of H-pyrrole nitrogens is 1. The number of nitrogens with zero attached hydrogens (tertiary/aromatic N) is 5. The number of carbonyl (C=O) groups is 3. The summed E-state index contributed by atoms with van der Waals surface area (Å²) >= 11 is 6.18. The molecule has 40 heavy (non-hydrogen) atoms. The van der Waals surface area contributed by atoms with Crippen LogP contribution in [-0.4, -0.2) is 53.9 Å². The zero-order chi connectivity index (χ0) is 28.1. The number of carbonyl (C=O) groups excluding carboxylic acids is 3. The normalized spacial score (nSPS) is 12.1. The van der Waals surface area contributed by atoms with E-state index in [0.29, 0.717) is 44.9 Å². The van der Waals surface area contributed by atoms with Gasteiger partial charge in [-0.05, 0) is 64.4 Å². The van der Waals surface area contributed by atoms with Gasteiger partial charge in [-0.3, -0.25) is 19.5 Å². The Morgan fingerprint density at radius 2 is 1.88 bits per heavy atom. The van der Waals surface area contributed by atoms with E-state index in [9.17, 15) is 14.4 Å². The zero-order valence-electron chi connectivity index (χ0n) is 21.4. The number of aromatic amines is 1. The summed E-state index contributed by atoms with van der Waals surface area (Å²) < 4.78 is 1.46. The van der Waals surface area contributed by atoms with E-state index in [2.05, 4.69) is 31.0 Å². The molecule has 3 aromatic carbocycles. The van der Waals surface area contributed by atoms with E-state index in [0.717, 1.165) is 5.56 Å². The molecule has 5 rings (SSSR count). The highest BCUT2D eigenvalue weighted by Gasteiger charge is 2.22. The number of nitrogens with one attached hydrogen (secondary N) is 2. The lowest BCUT2D eigenvalue weighted by Crippen LogP contribution is -2.42. The van der Waals surface area contributed by atoms with Crippen molar-refractivity contribution >= 4 is 46.1 Å². The fourth-order valence-electron chi connectivity index (χ4n) is 4.38. The van der Waals surface area contributed by atoms with Gasteiger partial charge >= 0.3 is 0 Å². The van der Waals surface area contributed by atoms with Crippen molar-refractivity contribution in [3.8, 4) is 5.69 Å². The Balaban J connectivity index is 1.37. The predicted octanol–water partition coefficient (Wildman–Crippen LogP) is 3.95. The maximum atomic E-state index is 13.5. The molecule has 2 heterocycles. The van der Waals surface area contributed by atoms with E-state index in [1.807, 2.05) is 36.4 Å². The van der Waals surface area contributed by atoms with Gasteiger partial charge in [-0.1, -0.05) is 48.0 Å². The van der Waals surface area contributed by atoms with Gasteiger partial charge in [0.15, 0.2) is 11.6 Å². The van der Waals surface area contributed by atoms with E-state index in [4.69, 9.17) is 11.6 Å². The summed E-state index contributed by atoms with van der Waals surface area (Å²) in [5.41, 5.74) is 3.92. The molecule has 0 unspecified atom stereocenters.